The Morgan fingerprint density at radius 2 is 2.04 bits per heavy atom. The van der Waals surface area contributed by atoms with Crippen LogP contribution in [0.1, 0.15) is 29.9 Å². The van der Waals surface area contributed by atoms with Gasteiger partial charge in [-0.3, -0.25) is 4.79 Å². The lowest BCUT2D eigenvalue weighted by molar-refractivity contribution is -0.709. The van der Waals surface area contributed by atoms with E-state index in [4.69, 9.17) is 4.98 Å². The molecule has 0 unspecified atom stereocenters. The Morgan fingerprint density at radius 1 is 1.19 bits per heavy atom. The maximum Gasteiger partial charge on any atom is 0.260 e. The molecule has 4 aromatic rings. The van der Waals surface area contributed by atoms with Crippen molar-refractivity contribution in [3.8, 4) is 10.4 Å². The van der Waals surface area contributed by atoms with Gasteiger partial charge >= 0.3 is 0 Å². The summed E-state index contributed by atoms with van der Waals surface area (Å²) in [5, 5.41) is 6.97. The van der Waals surface area contributed by atoms with E-state index in [0.29, 0.717) is 5.39 Å². The van der Waals surface area contributed by atoms with Crippen molar-refractivity contribution in [3.63, 3.8) is 0 Å². The van der Waals surface area contributed by atoms with Gasteiger partial charge in [-0.1, -0.05) is 30.3 Å². The summed E-state index contributed by atoms with van der Waals surface area (Å²) in [5.41, 5.74) is 3.52. The highest BCUT2D eigenvalue weighted by atomic mass is 32.1. The number of thiophene rings is 2. The van der Waals surface area contributed by atoms with Crippen LogP contribution in [0.5, 0.6) is 0 Å². The Hall–Kier alpha value is -2.28. The van der Waals surface area contributed by atoms with E-state index in [9.17, 15) is 4.79 Å². The molecule has 0 radical (unpaired) electrons. The second-order valence-corrected chi connectivity index (χ2v) is 8.22. The molecular weight excluding hydrogens is 362 g/mol. The van der Waals surface area contributed by atoms with Crippen LogP contribution in [0.2, 0.25) is 0 Å². The summed E-state index contributed by atoms with van der Waals surface area (Å²) in [6, 6.07) is 12.5. The second-order valence-electron chi connectivity index (χ2n) is 6.41. The first-order valence-corrected chi connectivity index (χ1v) is 10.3. The van der Waals surface area contributed by atoms with Crippen LogP contribution in [0.25, 0.3) is 20.7 Å². The second kappa shape index (κ2) is 7.15. The molecule has 26 heavy (non-hydrogen) atoms. The molecular formula is C20H20N3OS2+. The zero-order valence-electron chi connectivity index (χ0n) is 14.7. The van der Waals surface area contributed by atoms with Crippen LogP contribution in [0.3, 0.4) is 0 Å². The number of nitrogens with zero attached hydrogens (tertiary/aromatic N) is 1. The van der Waals surface area contributed by atoms with Crippen LogP contribution >= 0.6 is 22.7 Å². The first kappa shape index (κ1) is 17.1. The fraction of sp³-hybridized carbons (Fsp3) is 0.200. The maximum absolute atomic E-state index is 12.7. The van der Waals surface area contributed by atoms with Crippen LogP contribution in [0, 0.1) is 6.92 Å². The number of fused-ring (bicyclic) bond motifs is 1. The molecule has 0 saturated carbocycles. The van der Waals surface area contributed by atoms with Crippen LogP contribution in [0.15, 0.2) is 52.0 Å². The normalized spacial score (nSPS) is 12.5. The number of nitrogens with one attached hydrogen (secondary N) is 1. The van der Waals surface area contributed by atoms with Crippen molar-refractivity contribution in [2.75, 3.05) is 0 Å². The fourth-order valence-electron chi connectivity index (χ4n) is 3.05. The zero-order valence-corrected chi connectivity index (χ0v) is 16.3. The minimum Gasteiger partial charge on any atom is -0.334 e. The highest BCUT2D eigenvalue weighted by Gasteiger charge is 2.18. The predicted octanol–water partition coefficient (Wildman–Crippen LogP) is 3.85. The Labute approximate surface area is 159 Å². The highest BCUT2D eigenvalue weighted by molar-refractivity contribution is 7.18. The highest BCUT2D eigenvalue weighted by Crippen LogP contribution is 2.33. The number of aryl methyl sites for hydroxylation is 1. The zero-order chi connectivity index (χ0) is 18.1. The molecule has 1 atom stereocenters. The summed E-state index contributed by atoms with van der Waals surface area (Å²) in [7, 11) is 0. The molecule has 0 aliphatic carbocycles. The Morgan fingerprint density at radius 3 is 2.81 bits per heavy atom. The summed E-state index contributed by atoms with van der Waals surface area (Å²) in [6.45, 7) is 5.06. The van der Waals surface area contributed by atoms with Crippen molar-refractivity contribution in [1.29, 1.82) is 0 Å². The predicted molar refractivity (Wildman–Crippen MR) is 109 cm³/mol. The standard InChI is InChI=1S/C20H19N3OS2/c1-12-6-3-4-7-14(12)10-21-13(2)18-22-19(24)17-15(11-26-20(17)23-18)16-8-5-9-25-16/h3-9,11,13,21H,10H2,1-2H3,(H,22,23,24)/p+1/t13-/m0/s1. The third-order valence-electron chi connectivity index (χ3n) is 4.63. The number of hydrogen-bond donors (Lipinski definition) is 2. The molecule has 0 bridgehead atoms. The van der Waals surface area contributed by atoms with E-state index in [1.54, 1.807) is 11.3 Å². The average Bonchev–Trinajstić information content (AvgIpc) is 3.30. The van der Waals surface area contributed by atoms with Gasteiger partial charge in [0.05, 0.1) is 5.39 Å². The molecule has 3 heterocycles. The SMILES string of the molecule is Cc1ccccc1C[NH2+][C@@H](C)c1nc2scc(-c3cccs3)c2c(=O)[nH]1. The van der Waals surface area contributed by atoms with E-state index in [0.717, 1.165) is 27.6 Å². The minimum absolute atomic E-state index is 0.0502. The van der Waals surface area contributed by atoms with E-state index in [1.165, 1.54) is 22.5 Å². The summed E-state index contributed by atoms with van der Waals surface area (Å²) in [6.07, 6.45) is 0. The first-order valence-electron chi connectivity index (χ1n) is 8.56. The summed E-state index contributed by atoms with van der Waals surface area (Å²) in [4.78, 5) is 22.4. The molecule has 3 N–H and O–H groups in total. The Balaban J connectivity index is 1.61. The molecule has 1 aromatic carbocycles. The number of rotatable bonds is 5. The van der Waals surface area contributed by atoms with Crippen molar-refractivity contribution in [2.24, 2.45) is 0 Å². The molecule has 132 valence electrons. The molecule has 0 amide bonds. The number of aromatic nitrogens is 2. The number of benzene rings is 1. The molecule has 3 aromatic heterocycles. The number of quaternary nitrogens is 1. The van der Waals surface area contributed by atoms with Crippen molar-refractivity contribution in [2.45, 2.75) is 26.4 Å². The molecule has 0 aliphatic heterocycles. The quantitative estimate of drug-likeness (QED) is 0.551. The van der Waals surface area contributed by atoms with E-state index in [2.05, 4.69) is 48.4 Å². The van der Waals surface area contributed by atoms with Crippen LogP contribution in [0.4, 0.5) is 0 Å². The number of aromatic amines is 1. The van der Waals surface area contributed by atoms with Crippen molar-refractivity contribution < 1.29 is 5.32 Å². The van der Waals surface area contributed by atoms with E-state index in [-0.39, 0.29) is 11.6 Å². The molecule has 4 rings (SSSR count). The van der Waals surface area contributed by atoms with Gasteiger partial charge in [-0.05, 0) is 30.9 Å². The largest absolute Gasteiger partial charge is 0.334 e. The van der Waals surface area contributed by atoms with Gasteiger partial charge in [0.15, 0.2) is 5.82 Å². The van der Waals surface area contributed by atoms with Gasteiger partial charge in [0, 0.05) is 21.4 Å². The van der Waals surface area contributed by atoms with Gasteiger partial charge < -0.3 is 10.3 Å². The van der Waals surface area contributed by atoms with Crippen molar-refractivity contribution in [3.05, 3.63) is 74.5 Å². The van der Waals surface area contributed by atoms with Crippen LogP contribution < -0.4 is 10.9 Å². The lowest BCUT2D eigenvalue weighted by atomic mass is 10.1. The van der Waals surface area contributed by atoms with Gasteiger partial charge in [0.25, 0.3) is 5.56 Å². The maximum atomic E-state index is 12.7. The van der Waals surface area contributed by atoms with Gasteiger partial charge in [0.2, 0.25) is 0 Å². The molecule has 0 fully saturated rings. The molecule has 0 aliphatic rings. The molecule has 4 nitrogen and oxygen atoms in total. The lowest BCUT2D eigenvalue weighted by Crippen LogP contribution is -2.83. The van der Waals surface area contributed by atoms with Gasteiger partial charge in [-0.15, -0.1) is 22.7 Å². The molecule has 6 heteroatoms. The van der Waals surface area contributed by atoms with Gasteiger partial charge in [-0.25, -0.2) is 4.98 Å². The number of H-pyrrole nitrogens is 1. The summed E-state index contributed by atoms with van der Waals surface area (Å²) in [5.74, 6) is 0.732. The van der Waals surface area contributed by atoms with Crippen LogP contribution in [-0.4, -0.2) is 9.97 Å². The van der Waals surface area contributed by atoms with E-state index in [1.807, 2.05) is 22.9 Å². The average molecular weight is 383 g/mol. The van der Waals surface area contributed by atoms with Gasteiger partial charge in [-0.2, -0.15) is 0 Å². The van der Waals surface area contributed by atoms with E-state index < -0.39 is 0 Å². The lowest BCUT2D eigenvalue weighted by Gasteiger charge is -2.11. The topological polar surface area (TPSA) is 62.4 Å². The Bertz CT molecular complexity index is 1100. The third kappa shape index (κ3) is 3.23. The summed E-state index contributed by atoms with van der Waals surface area (Å²) < 4.78 is 0. The molecule has 0 spiro atoms. The number of nitrogens with two attached hydrogens (primary N) is 1. The fourth-order valence-corrected chi connectivity index (χ4v) is 4.82. The van der Waals surface area contributed by atoms with Crippen molar-refractivity contribution in [1.82, 2.24) is 9.97 Å². The number of hydrogen-bond acceptors (Lipinski definition) is 4. The minimum atomic E-state index is -0.0502. The monoisotopic (exact) mass is 382 g/mol. The smallest absolute Gasteiger partial charge is 0.260 e. The Kier molecular flexibility index (Phi) is 4.72. The summed E-state index contributed by atoms with van der Waals surface area (Å²) >= 11 is 3.18. The van der Waals surface area contributed by atoms with E-state index >= 15 is 0 Å². The van der Waals surface area contributed by atoms with Crippen molar-refractivity contribution >= 4 is 32.9 Å². The van der Waals surface area contributed by atoms with Crippen LogP contribution in [-0.2, 0) is 6.54 Å². The van der Waals surface area contributed by atoms with Gasteiger partial charge in [0.1, 0.15) is 17.4 Å². The molecule has 0 saturated heterocycles. The third-order valence-corrected chi connectivity index (χ3v) is 6.41. The first-order chi connectivity index (χ1) is 12.6.